The number of hydrogen-bond acceptors (Lipinski definition) is 7. The van der Waals surface area contributed by atoms with Crippen LogP contribution < -0.4 is 21.9 Å². The van der Waals surface area contributed by atoms with Crippen LogP contribution in [0.5, 0.6) is 0 Å². The molecule has 34 heavy (non-hydrogen) atoms. The average molecular weight is 491 g/mol. The topological polar surface area (TPSA) is 127 Å². The van der Waals surface area contributed by atoms with E-state index in [-0.39, 0.29) is 35.4 Å². The van der Waals surface area contributed by atoms with Crippen molar-refractivity contribution in [2.45, 2.75) is 40.2 Å². The number of hydrogen-bond donors (Lipinski definition) is 2. The molecule has 2 aromatic heterocycles. The van der Waals surface area contributed by atoms with Crippen LogP contribution in [-0.2, 0) is 16.1 Å². The lowest BCUT2D eigenvalue weighted by Crippen LogP contribution is -2.44. The largest absolute Gasteiger partial charge is 0.451 e. The Morgan fingerprint density at radius 2 is 2.03 bits per heavy atom. The first-order chi connectivity index (χ1) is 16.1. The van der Waals surface area contributed by atoms with Crippen molar-refractivity contribution in [3.8, 4) is 0 Å². The van der Waals surface area contributed by atoms with E-state index < -0.39 is 35.5 Å². The number of benzene rings is 1. The monoisotopic (exact) mass is 490 g/mol. The summed E-state index contributed by atoms with van der Waals surface area (Å²) in [4.78, 5) is 53.9. The van der Waals surface area contributed by atoms with Gasteiger partial charge in [0.05, 0.1) is 0 Å². The Labute approximate surface area is 198 Å². The van der Waals surface area contributed by atoms with E-state index in [4.69, 9.17) is 10.5 Å². The minimum absolute atomic E-state index is 0.0555. The Balaban J connectivity index is 1.86. The summed E-state index contributed by atoms with van der Waals surface area (Å²) in [7, 11) is 0. The summed E-state index contributed by atoms with van der Waals surface area (Å²) in [6.07, 6.45) is 1.45. The van der Waals surface area contributed by atoms with Gasteiger partial charge >= 0.3 is 11.7 Å². The molecule has 0 aliphatic heterocycles. The smallest absolute Gasteiger partial charge is 0.348 e. The summed E-state index contributed by atoms with van der Waals surface area (Å²) < 4.78 is 20.9. The van der Waals surface area contributed by atoms with E-state index in [1.807, 2.05) is 20.8 Å². The van der Waals surface area contributed by atoms with Crippen molar-refractivity contribution < 1.29 is 18.7 Å². The summed E-state index contributed by atoms with van der Waals surface area (Å²) in [6.45, 7) is 5.37. The van der Waals surface area contributed by atoms with Gasteiger partial charge < -0.3 is 15.4 Å². The van der Waals surface area contributed by atoms with E-state index in [2.05, 4.69) is 4.98 Å². The standard InChI is InChI=1S/C23H27FN4O5S/c1-4-5-9-27-20(25)19(21(30)26-23(27)32)28(11-13(2)3)18(29)12-33-22(31)17-10-14-15(24)7-6-8-16(14)34-17/h6-8,10,13H,4-5,9,11-12,25H2,1-3H3,(H,26,30,32). The maximum absolute atomic E-state index is 13.9. The molecule has 0 saturated heterocycles. The van der Waals surface area contributed by atoms with Crippen LogP contribution >= 0.6 is 11.3 Å². The van der Waals surface area contributed by atoms with Gasteiger partial charge in [-0.05, 0) is 30.5 Å². The van der Waals surface area contributed by atoms with Crippen LogP contribution in [0.4, 0.5) is 15.9 Å². The van der Waals surface area contributed by atoms with Crippen LogP contribution in [0.25, 0.3) is 10.1 Å². The number of amides is 1. The van der Waals surface area contributed by atoms with E-state index in [1.54, 1.807) is 12.1 Å². The highest BCUT2D eigenvalue weighted by Gasteiger charge is 2.26. The number of anilines is 2. The summed E-state index contributed by atoms with van der Waals surface area (Å²) in [5.74, 6) is -2.09. The molecule has 2 heterocycles. The molecule has 0 radical (unpaired) electrons. The third-order valence-corrected chi connectivity index (χ3v) is 6.18. The lowest BCUT2D eigenvalue weighted by atomic mass is 10.2. The number of carbonyl (C=O) groups excluding carboxylic acids is 2. The Morgan fingerprint density at radius 1 is 1.29 bits per heavy atom. The number of nitrogens with zero attached hydrogens (tertiary/aromatic N) is 2. The number of aromatic amines is 1. The number of thiophene rings is 1. The zero-order chi connectivity index (χ0) is 25.0. The van der Waals surface area contributed by atoms with Gasteiger partial charge in [0.2, 0.25) is 0 Å². The van der Waals surface area contributed by atoms with Crippen molar-refractivity contribution in [3.05, 3.63) is 55.8 Å². The zero-order valence-corrected chi connectivity index (χ0v) is 20.0. The second kappa shape index (κ2) is 10.6. The number of nitrogen functional groups attached to an aromatic ring is 1. The summed E-state index contributed by atoms with van der Waals surface area (Å²) >= 11 is 1.05. The van der Waals surface area contributed by atoms with Crippen molar-refractivity contribution in [2.75, 3.05) is 23.8 Å². The van der Waals surface area contributed by atoms with Crippen molar-refractivity contribution >= 4 is 44.8 Å². The molecule has 0 spiro atoms. The number of H-pyrrole nitrogens is 1. The molecule has 3 N–H and O–H groups in total. The molecule has 182 valence electrons. The molecule has 3 rings (SSSR count). The fraction of sp³-hybridized carbons (Fsp3) is 0.391. The number of aromatic nitrogens is 2. The van der Waals surface area contributed by atoms with Crippen LogP contribution in [0, 0.1) is 11.7 Å². The highest BCUT2D eigenvalue weighted by molar-refractivity contribution is 7.20. The number of fused-ring (bicyclic) bond motifs is 1. The third kappa shape index (κ3) is 5.36. The number of carbonyl (C=O) groups is 2. The van der Waals surface area contributed by atoms with E-state index in [1.165, 1.54) is 16.7 Å². The summed E-state index contributed by atoms with van der Waals surface area (Å²) in [5, 5.41) is 0.292. The summed E-state index contributed by atoms with van der Waals surface area (Å²) in [5.41, 5.74) is 4.55. The van der Waals surface area contributed by atoms with Gasteiger partial charge in [-0.1, -0.05) is 33.3 Å². The van der Waals surface area contributed by atoms with Crippen LogP contribution in [0.3, 0.4) is 0 Å². The average Bonchev–Trinajstić information content (AvgIpc) is 3.22. The van der Waals surface area contributed by atoms with Crippen LogP contribution in [0.1, 0.15) is 43.3 Å². The van der Waals surface area contributed by atoms with Gasteiger partial charge in [-0.3, -0.25) is 19.1 Å². The molecule has 1 aromatic carbocycles. The van der Waals surface area contributed by atoms with Gasteiger partial charge in [-0.25, -0.2) is 14.0 Å². The molecule has 0 fully saturated rings. The molecule has 0 aliphatic rings. The molecule has 9 nitrogen and oxygen atoms in total. The van der Waals surface area contributed by atoms with Gasteiger partial charge in [-0.15, -0.1) is 11.3 Å². The molecule has 0 bridgehead atoms. The highest BCUT2D eigenvalue weighted by atomic mass is 32.1. The lowest BCUT2D eigenvalue weighted by molar-refractivity contribution is -0.121. The predicted octanol–water partition coefficient (Wildman–Crippen LogP) is 3.12. The van der Waals surface area contributed by atoms with Crippen molar-refractivity contribution in [1.29, 1.82) is 0 Å². The fourth-order valence-corrected chi connectivity index (χ4v) is 4.43. The first-order valence-corrected chi connectivity index (χ1v) is 11.7. The Bertz CT molecular complexity index is 1330. The van der Waals surface area contributed by atoms with Gasteiger partial charge in [0.25, 0.3) is 11.5 Å². The molecule has 0 aliphatic carbocycles. The molecule has 0 unspecified atom stereocenters. The van der Waals surface area contributed by atoms with Gasteiger partial charge in [0, 0.05) is 23.2 Å². The second-order valence-corrected chi connectivity index (χ2v) is 9.32. The highest BCUT2D eigenvalue weighted by Crippen LogP contribution is 2.28. The minimum Gasteiger partial charge on any atom is -0.451 e. The van der Waals surface area contributed by atoms with E-state index in [0.29, 0.717) is 16.5 Å². The Morgan fingerprint density at radius 3 is 2.68 bits per heavy atom. The van der Waals surface area contributed by atoms with E-state index in [9.17, 15) is 23.6 Å². The molecule has 0 saturated carbocycles. The Hall–Kier alpha value is -3.47. The quantitative estimate of drug-likeness (QED) is 0.444. The van der Waals surface area contributed by atoms with Gasteiger partial charge in [0.15, 0.2) is 12.3 Å². The maximum Gasteiger partial charge on any atom is 0.348 e. The van der Waals surface area contributed by atoms with Crippen LogP contribution in [-0.4, -0.2) is 34.6 Å². The molecule has 0 atom stereocenters. The maximum atomic E-state index is 13.9. The Kier molecular flexibility index (Phi) is 7.87. The molecule has 1 amide bonds. The number of esters is 1. The summed E-state index contributed by atoms with van der Waals surface area (Å²) in [6, 6.07) is 5.89. The normalized spacial score (nSPS) is 11.2. The van der Waals surface area contributed by atoms with Crippen molar-refractivity contribution in [1.82, 2.24) is 9.55 Å². The molecular weight excluding hydrogens is 463 g/mol. The van der Waals surface area contributed by atoms with Crippen LogP contribution in [0.15, 0.2) is 33.9 Å². The number of rotatable bonds is 9. The predicted molar refractivity (Wildman–Crippen MR) is 130 cm³/mol. The number of ether oxygens (including phenoxy) is 1. The third-order valence-electron chi connectivity index (χ3n) is 5.10. The first-order valence-electron chi connectivity index (χ1n) is 10.9. The van der Waals surface area contributed by atoms with E-state index >= 15 is 0 Å². The number of halogens is 1. The zero-order valence-electron chi connectivity index (χ0n) is 19.2. The molecular formula is C23H27FN4O5S. The SMILES string of the molecule is CCCCn1c(N)c(N(CC(C)C)C(=O)COC(=O)c2cc3c(F)cccc3s2)c(=O)[nH]c1=O. The minimum atomic E-state index is -0.796. The molecule has 11 heteroatoms. The number of nitrogens with one attached hydrogen (secondary N) is 1. The van der Waals surface area contributed by atoms with Crippen molar-refractivity contribution in [3.63, 3.8) is 0 Å². The van der Waals surface area contributed by atoms with E-state index in [0.717, 1.165) is 22.7 Å². The first kappa shape index (κ1) is 25.2. The number of nitrogens with two attached hydrogens (primary N) is 1. The fourth-order valence-electron chi connectivity index (χ4n) is 3.46. The lowest BCUT2D eigenvalue weighted by Gasteiger charge is -2.26. The van der Waals surface area contributed by atoms with Gasteiger partial charge in [-0.2, -0.15) is 0 Å². The van der Waals surface area contributed by atoms with Gasteiger partial charge in [0.1, 0.15) is 16.5 Å². The molecule has 3 aromatic rings. The number of unbranched alkanes of at least 4 members (excludes halogenated alkanes) is 1. The second-order valence-electron chi connectivity index (χ2n) is 8.23. The van der Waals surface area contributed by atoms with Crippen LogP contribution in [0.2, 0.25) is 0 Å². The van der Waals surface area contributed by atoms with Crippen molar-refractivity contribution in [2.24, 2.45) is 5.92 Å².